The fourth-order valence-corrected chi connectivity index (χ4v) is 3.84. The lowest BCUT2D eigenvalue weighted by Gasteiger charge is -2.22. The highest BCUT2D eigenvalue weighted by Gasteiger charge is 2.36. The van der Waals surface area contributed by atoms with Crippen LogP contribution >= 0.6 is 27.5 Å². The van der Waals surface area contributed by atoms with Crippen LogP contribution < -0.4 is 4.90 Å². The van der Waals surface area contributed by atoms with Gasteiger partial charge < -0.3 is 9.80 Å². The first-order chi connectivity index (χ1) is 12.0. The van der Waals surface area contributed by atoms with Gasteiger partial charge in [-0.15, -0.1) is 0 Å². The number of hydrogen-bond acceptors (Lipinski definition) is 2. The van der Waals surface area contributed by atoms with Gasteiger partial charge in [-0.1, -0.05) is 57.9 Å². The topological polar surface area (TPSA) is 40.6 Å². The highest BCUT2D eigenvalue weighted by molar-refractivity contribution is 9.10. The van der Waals surface area contributed by atoms with Crippen LogP contribution in [0.1, 0.15) is 12.0 Å². The van der Waals surface area contributed by atoms with Crippen molar-refractivity contribution in [3.8, 4) is 0 Å². The van der Waals surface area contributed by atoms with Crippen molar-refractivity contribution in [3.63, 3.8) is 0 Å². The summed E-state index contributed by atoms with van der Waals surface area (Å²) >= 11 is 9.60. The van der Waals surface area contributed by atoms with Gasteiger partial charge >= 0.3 is 0 Å². The Morgan fingerprint density at radius 1 is 1.28 bits per heavy atom. The Bertz CT molecular complexity index is 797. The molecule has 0 N–H and O–H groups in total. The molecule has 1 fully saturated rings. The van der Waals surface area contributed by atoms with Gasteiger partial charge in [0.25, 0.3) is 0 Å². The first kappa shape index (κ1) is 18.0. The lowest BCUT2D eigenvalue weighted by Crippen LogP contribution is -2.34. The summed E-state index contributed by atoms with van der Waals surface area (Å²) < 4.78 is 0.854. The summed E-state index contributed by atoms with van der Waals surface area (Å²) in [4.78, 5) is 28.4. The van der Waals surface area contributed by atoms with Crippen LogP contribution in [-0.2, 0) is 16.1 Å². The zero-order valence-corrected chi connectivity index (χ0v) is 16.1. The number of hydrogen-bond donors (Lipinski definition) is 0. The van der Waals surface area contributed by atoms with E-state index < -0.39 is 0 Å². The molecule has 1 unspecified atom stereocenters. The first-order valence-electron chi connectivity index (χ1n) is 8.00. The van der Waals surface area contributed by atoms with Crippen molar-refractivity contribution in [2.45, 2.75) is 13.0 Å². The maximum Gasteiger partial charge on any atom is 0.232 e. The molecule has 1 aliphatic heterocycles. The smallest absolute Gasteiger partial charge is 0.232 e. The molecule has 0 bridgehead atoms. The lowest BCUT2D eigenvalue weighted by atomic mass is 10.1. The van der Waals surface area contributed by atoms with Crippen molar-refractivity contribution in [1.29, 1.82) is 0 Å². The Morgan fingerprint density at radius 3 is 2.68 bits per heavy atom. The lowest BCUT2D eigenvalue weighted by molar-refractivity contribution is -0.128. The number of nitrogens with zero attached hydrogens (tertiary/aromatic N) is 2. The number of halogens is 2. The van der Waals surface area contributed by atoms with E-state index >= 15 is 0 Å². The number of likely N-dealkylation sites (tertiary alicyclic amines) is 1. The Morgan fingerprint density at radius 2 is 2.00 bits per heavy atom. The molecule has 0 radical (unpaired) electrons. The second-order valence-electron chi connectivity index (χ2n) is 6.15. The van der Waals surface area contributed by atoms with Crippen molar-refractivity contribution in [3.05, 3.63) is 63.6 Å². The minimum Gasteiger partial charge on any atom is -0.338 e. The predicted molar refractivity (Wildman–Crippen MR) is 103 cm³/mol. The second kappa shape index (κ2) is 7.58. The molecule has 25 heavy (non-hydrogen) atoms. The van der Waals surface area contributed by atoms with E-state index in [2.05, 4.69) is 15.9 Å². The molecular weight excluding hydrogens is 404 g/mol. The van der Waals surface area contributed by atoms with E-state index in [-0.39, 0.29) is 24.2 Å². The fraction of sp³-hybridized carbons (Fsp3) is 0.263. The summed E-state index contributed by atoms with van der Waals surface area (Å²) in [6, 6.07) is 15.2. The molecule has 1 saturated heterocycles. The van der Waals surface area contributed by atoms with Gasteiger partial charge in [-0.3, -0.25) is 9.59 Å². The monoisotopic (exact) mass is 420 g/mol. The highest BCUT2D eigenvalue weighted by atomic mass is 79.9. The largest absolute Gasteiger partial charge is 0.338 e. The third-order valence-corrected chi connectivity index (χ3v) is 5.18. The van der Waals surface area contributed by atoms with Crippen molar-refractivity contribution in [2.24, 2.45) is 5.92 Å². The van der Waals surface area contributed by atoms with Crippen molar-refractivity contribution >= 4 is 45.0 Å². The number of rotatable bonds is 4. The Hall–Kier alpha value is -1.85. The van der Waals surface area contributed by atoms with Crippen molar-refractivity contribution in [2.75, 3.05) is 18.5 Å². The van der Waals surface area contributed by atoms with E-state index in [1.54, 1.807) is 29.0 Å². The molecule has 6 heteroatoms. The normalized spacial score (nSPS) is 17.0. The van der Waals surface area contributed by atoms with Gasteiger partial charge in [0, 0.05) is 31.0 Å². The Kier molecular flexibility index (Phi) is 5.45. The number of anilines is 1. The van der Waals surface area contributed by atoms with E-state index in [1.807, 2.05) is 36.4 Å². The zero-order chi connectivity index (χ0) is 18.0. The molecule has 2 aromatic rings. The van der Waals surface area contributed by atoms with Gasteiger partial charge in [-0.2, -0.15) is 0 Å². The van der Waals surface area contributed by atoms with Crippen molar-refractivity contribution in [1.82, 2.24) is 4.90 Å². The molecule has 1 aliphatic rings. The number of benzene rings is 2. The molecule has 0 aliphatic carbocycles. The molecule has 2 amide bonds. The molecule has 3 rings (SSSR count). The summed E-state index contributed by atoms with van der Waals surface area (Å²) in [5.41, 5.74) is 1.71. The van der Waals surface area contributed by atoms with Crippen LogP contribution in [0.5, 0.6) is 0 Å². The van der Waals surface area contributed by atoms with E-state index in [0.29, 0.717) is 23.8 Å². The molecule has 0 aromatic heterocycles. The molecule has 0 spiro atoms. The number of carbonyl (C=O) groups excluding carboxylic acids is 2. The van der Waals surface area contributed by atoms with E-state index in [9.17, 15) is 9.59 Å². The van der Waals surface area contributed by atoms with Gasteiger partial charge in [0.05, 0.1) is 16.6 Å². The zero-order valence-electron chi connectivity index (χ0n) is 13.8. The third kappa shape index (κ3) is 4.05. The summed E-state index contributed by atoms with van der Waals surface area (Å²) in [5, 5.41) is 0.496. The average molecular weight is 422 g/mol. The fourth-order valence-electron chi connectivity index (χ4n) is 3.04. The first-order valence-corrected chi connectivity index (χ1v) is 9.17. The van der Waals surface area contributed by atoms with E-state index in [0.717, 1.165) is 10.0 Å². The van der Waals surface area contributed by atoms with Crippen LogP contribution in [0.3, 0.4) is 0 Å². The van der Waals surface area contributed by atoms with Crippen LogP contribution in [0, 0.1) is 5.92 Å². The van der Waals surface area contributed by atoms with Crippen LogP contribution in [0.4, 0.5) is 5.69 Å². The second-order valence-corrected chi connectivity index (χ2v) is 7.48. The molecule has 130 valence electrons. The van der Waals surface area contributed by atoms with E-state index in [4.69, 9.17) is 11.6 Å². The highest BCUT2D eigenvalue weighted by Crippen LogP contribution is 2.30. The average Bonchev–Trinajstić information content (AvgIpc) is 2.95. The summed E-state index contributed by atoms with van der Waals surface area (Å²) in [6.45, 7) is 0.969. The van der Waals surface area contributed by atoms with Gasteiger partial charge in [0.1, 0.15) is 0 Å². The summed E-state index contributed by atoms with van der Waals surface area (Å²) in [6.07, 6.45) is 0.240. The predicted octanol–water partition coefficient (Wildman–Crippen LogP) is 4.11. The van der Waals surface area contributed by atoms with Crippen LogP contribution in [0.15, 0.2) is 53.0 Å². The molecule has 0 saturated carbocycles. The number of amides is 2. The van der Waals surface area contributed by atoms with Crippen LogP contribution in [-0.4, -0.2) is 30.3 Å². The van der Waals surface area contributed by atoms with Crippen LogP contribution in [0.25, 0.3) is 0 Å². The standard InChI is InChI=1S/C19H18BrClN2O2/c1-22(17-8-7-15(20)10-16(17)21)19(25)14-9-18(24)23(12-14)11-13-5-3-2-4-6-13/h2-8,10,14H,9,11-12H2,1H3. The molecule has 4 nitrogen and oxygen atoms in total. The van der Waals surface area contributed by atoms with Gasteiger partial charge in [0.15, 0.2) is 0 Å². The third-order valence-electron chi connectivity index (χ3n) is 4.38. The quantitative estimate of drug-likeness (QED) is 0.745. The van der Waals surface area contributed by atoms with E-state index in [1.165, 1.54) is 0 Å². The Labute approximate surface area is 160 Å². The maximum atomic E-state index is 12.8. The minimum atomic E-state index is -0.346. The van der Waals surface area contributed by atoms with Gasteiger partial charge in [-0.05, 0) is 23.8 Å². The molecule has 2 aromatic carbocycles. The summed E-state index contributed by atoms with van der Waals surface area (Å²) in [7, 11) is 1.70. The summed E-state index contributed by atoms with van der Waals surface area (Å²) in [5.74, 6) is -0.424. The minimum absolute atomic E-state index is 0.0116. The molecular formula is C19H18BrClN2O2. The molecule has 1 atom stereocenters. The van der Waals surface area contributed by atoms with Gasteiger partial charge in [-0.25, -0.2) is 0 Å². The maximum absolute atomic E-state index is 12.8. The SMILES string of the molecule is CN(C(=O)C1CC(=O)N(Cc2ccccc2)C1)c1ccc(Br)cc1Cl. The number of carbonyl (C=O) groups is 2. The molecule has 1 heterocycles. The Balaban J connectivity index is 1.69. The van der Waals surface area contributed by atoms with Crippen LogP contribution in [0.2, 0.25) is 5.02 Å². The van der Waals surface area contributed by atoms with Crippen molar-refractivity contribution < 1.29 is 9.59 Å². The van der Waals surface area contributed by atoms with Gasteiger partial charge in [0.2, 0.25) is 11.8 Å².